The largest absolute Gasteiger partial charge is 0.486 e. The predicted octanol–water partition coefficient (Wildman–Crippen LogP) is 2.72. The van der Waals surface area contributed by atoms with Gasteiger partial charge in [0, 0.05) is 6.42 Å². The van der Waals surface area contributed by atoms with E-state index in [1.54, 1.807) is 13.0 Å². The highest BCUT2D eigenvalue weighted by Crippen LogP contribution is 2.20. The Balaban J connectivity index is 1.56. The molecule has 2 heterocycles. The highest BCUT2D eigenvalue weighted by molar-refractivity contribution is 5.89. The number of benzene rings is 1. The van der Waals surface area contributed by atoms with Gasteiger partial charge in [0.15, 0.2) is 0 Å². The van der Waals surface area contributed by atoms with Crippen molar-refractivity contribution < 1.29 is 28.2 Å². The van der Waals surface area contributed by atoms with Gasteiger partial charge in [-0.25, -0.2) is 9.59 Å². The Bertz CT molecular complexity index is 690. The lowest BCUT2D eigenvalue weighted by molar-refractivity contribution is -0.147. The Morgan fingerprint density at radius 2 is 2.00 bits per heavy atom. The summed E-state index contributed by atoms with van der Waals surface area (Å²) in [5.41, 5.74) is 0. The molecule has 1 aliphatic heterocycles. The molecule has 6 nitrogen and oxygen atoms in total. The standard InChI is InChI=1S/C17H16O6/c1-11-9-15(17(19)21-11)23-16(18)14-8-7-13(22-14)10-20-12-5-3-2-4-6-12/h2-8,11,15H,9-10H2,1H3. The van der Waals surface area contributed by atoms with Crippen LogP contribution in [0.4, 0.5) is 0 Å². The van der Waals surface area contributed by atoms with Crippen LogP contribution in [0.25, 0.3) is 0 Å². The Morgan fingerprint density at radius 3 is 2.70 bits per heavy atom. The maximum atomic E-state index is 12.0. The second-order valence-electron chi connectivity index (χ2n) is 5.24. The van der Waals surface area contributed by atoms with Gasteiger partial charge in [0.2, 0.25) is 11.9 Å². The zero-order chi connectivity index (χ0) is 16.2. The van der Waals surface area contributed by atoms with Crippen molar-refractivity contribution >= 4 is 11.9 Å². The summed E-state index contributed by atoms with van der Waals surface area (Å²) < 4.78 is 21.0. The molecule has 0 saturated carbocycles. The smallest absolute Gasteiger partial charge is 0.375 e. The summed E-state index contributed by atoms with van der Waals surface area (Å²) in [4.78, 5) is 23.4. The molecule has 0 radical (unpaired) electrons. The van der Waals surface area contributed by atoms with Crippen molar-refractivity contribution in [2.24, 2.45) is 0 Å². The zero-order valence-electron chi connectivity index (χ0n) is 12.6. The van der Waals surface area contributed by atoms with Crippen molar-refractivity contribution in [1.29, 1.82) is 0 Å². The molecule has 0 spiro atoms. The molecule has 1 aromatic heterocycles. The van der Waals surface area contributed by atoms with E-state index in [-0.39, 0.29) is 18.5 Å². The van der Waals surface area contributed by atoms with Crippen molar-refractivity contribution in [2.45, 2.75) is 32.2 Å². The molecule has 1 aromatic carbocycles. The summed E-state index contributed by atoms with van der Waals surface area (Å²) in [6, 6.07) is 12.4. The minimum atomic E-state index is -0.869. The molecule has 3 rings (SSSR count). The zero-order valence-corrected chi connectivity index (χ0v) is 12.6. The SMILES string of the molecule is CC1CC(OC(=O)c2ccc(COc3ccccc3)o2)C(=O)O1. The van der Waals surface area contributed by atoms with Crippen molar-refractivity contribution in [3.8, 4) is 5.75 Å². The number of carbonyl (C=O) groups excluding carboxylic acids is 2. The van der Waals surface area contributed by atoms with E-state index in [0.717, 1.165) is 0 Å². The van der Waals surface area contributed by atoms with E-state index >= 15 is 0 Å². The lowest BCUT2D eigenvalue weighted by Gasteiger charge is -2.06. The molecule has 2 unspecified atom stereocenters. The number of para-hydroxylation sites is 1. The lowest BCUT2D eigenvalue weighted by atomic mass is 10.2. The van der Waals surface area contributed by atoms with Crippen LogP contribution in [0, 0.1) is 0 Å². The van der Waals surface area contributed by atoms with Crippen molar-refractivity contribution in [3.63, 3.8) is 0 Å². The summed E-state index contributed by atoms with van der Waals surface area (Å²) >= 11 is 0. The number of esters is 2. The van der Waals surface area contributed by atoms with E-state index < -0.39 is 18.0 Å². The maximum absolute atomic E-state index is 12.0. The van der Waals surface area contributed by atoms with Crippen molar-refractivity contribution in [2.75, 3.05) is 0 Å². The van der Waals surface area contributed by atoms with Crippen LogP contribution in [0.5, 0.6) is 5.75 Å². The fourth-order valence-electron chi connectivity index (χ4n) is 2.24. The van der Waals surface area contributed by atoms with Gasteiger partial charge in [0.05, 0.1) is 0 Å². The predicted molar refractivity (Wildman–Crippen MR) is 78.9 cm³/mol. The van der Waals surface area contributed by atoms with Crippen LogP contribution in [0.15, 0.2) is 46.9 Å². The Hall–Kier alpha value is -2.76. The number of rotatable bonds is 5. The molecule has 0 N–H and O–H groups in total. The Kier molecular flexibility index (Phi) is 4.32. The summed E-state index contributed by atoms with van der Waals surface area (Å²) in [7, 11) is 0. The molecule has 1 saturated heterocycles. The topological polar surface area (TPSA) is 75.0 Å². The third kappa shape index (κ3) is 3.71. The lowest BCUT2D eigenvalue weighted by Crippen LogP contribution is -2.22. The number of furan rings is 1. The summed E-state index contributed by atoms with van der Waals surface area (Å²) in [5, 5.41) is 0. The monoisotopic (exact) mass is 316 g/mol. The third-order valence-electron chi connectivity index (χ3n) is 3.36. The average molecular weight is 316 g/mol. The fourth-order valence-corrected chi connectivity index (χ4v) is 2.24. The Labute approximate surface area is 132 Å². The third-order valence-corrected chi connectivity index (χ3v) is 3.36. The van der Waals surface area contributed by atoms with Gasteiger partial charge < -0.3 is 18.6 Å². The molecule has 2 atom stereocenters. The Morgan fingerprint density at radius 1 is 1.22 bits per heavy atom. The van der Waals surface area contributed by atoms with E-state index in [0.29, 0.717) is 17.9 Å². The van der Waals surface area contributed by atoms with Gasteiger partial charge in [0.1, 0.15) is 24.2 Å². The molecule has 120 valence electrons. The summed E-state index contributed by atoms with van der Waals surface area (Å²) in [6.45, 7) is 1.94. The average Bonchev–Trinajstić information content (AvgIpc) is 3.13. The fraction of sp³-hybridized carbons (Fsp3) is 0.294. The van der Waals surface area contributed by atoms with Crippen LogP contribution in [-0.4, -0.2) is 24.1 Å². The van der Waals surface area contributed by atoms with Crippen molar-refractivity contribution in [1.82, 2.24) is 0 Å². The van der Waals surface area contributed by atoms with E-state index in [2.05, 4.69) is 0 Å². The first-order chi connectivity index (χ1) is 11.1. The second-order valence-corrected chi connectivity index (χ2v) is 5.24. The molecule has 2 aromatic rings. The van der Waals surface area contributed by atoms with E-state index in [1.165, 1.54) is 6.07 Å². The molecule has 0 aliphatic carbocycles. The van der Waals surface area contributed by atoms with Gasteiger partial charge in [0.25, 0.3) is 0 Å². The molecule has 6 heteroatoms. The summed E-state index contributed by atoms with van der Waals surface area (Å²) in [6.07, 6.45) is -0.756. The summed E-state index contributed by atoms with van der Waals surface area (Å²) in [5.74, 6) is 0.0138. The first kappa shape index (κ1) is 15.1. The molecule has 1 fully saturated rings. The van der Waals surface area contributed by atoms with Gasteiger partial charge in [-0.15, -0.1) is 0 Å². The van der Waals surface area contributed by atoms with Gasteiger partial charge in [-0.1, -0.05) is 18.2 Å². The molecule has 23 heavy (non-hydrogen) atoms. The number of hydrogen-bond acceptors (Lipinski definition) is 6. The van der Waals surface area contributed by atoms with Gasteiger partial charge in [-0.05, 0) is 31.2 Å². The van der Waals surface area contributed by atoms with Crippen LogP contribution < -0.4 is 4.74 Å². The van der Waals surface area contributed by atoms with Gasteiger partial charge >= 0.3 is 11.9 Å². The number of ether oxygens (including phenoxy) is 3. The van der Waals surface area contributed by atoms with Crippen LogP contribution in [-0.2, 0) is 20.9 Å². The second kappa shape index (κ2) is 6.56. The maximum Gasteiger partial charge on any atom is 0.375 e. The quantitative estimate of drug-likeness (QED) is 0.790. The van der Waals surface area contributed by atoms with E-state index in [9.17, 15) is 9.59 Å². The minimum Gasteiger partial charge on any atom is -0.486 e. The van der Waals surface area contributed by atoms with E-state index in [1.807, 2.05) is 30.3 Å². The van der Waals surface area contributed by atoms with Crippen LogP contribution in [0.1, 0.15) is 29.7 Å². The van der Waals surface area contributed by atoms with Gasteiger partial charge in [-0.2, -0.15) is 0 Å². The first-order valence-electron chi connectivity index (χ1n) is 7.30. The van der Waals surface area contributed by atoms with E-state index in [4.69, 9.17) is 18.6 Å². The first-order valence-corrected chi connectivity index (χ1v) is 7.30. The highest BCUT2D eigenvalue weighted by Gasteiger charge is 2.35. The van der Waals surface area contributed by atoms with Crippen LogP contribution in [0.3, 0.4) is 0 Å². The molecule has 0 bridgehead atoms. The highest BCUT2D eigenvalue weighted by atomic mass is 16.6. The minimum absolute atomic E-state index is 0.0315. The van der Waals surface area contributed by atoms with Crippen LogP contribution in [0.2, 0.25) is 0 Å². The van der Waals surface area contributed by atoms with Crippen LogP contribution >= 0.6 is 0 Å². The molecule has 0 amide bonds. The van der Waals surface area contributed by atoms with Gasteiger partial charge in [-0.3, -0.25) is 0 Å². The molecular weight excluding hydrogens is 300 g/mol. The van der Waals surface area contributed by atoms with Crippen molar-refractivity contribution in [3.05, 3.63) is 54.0 Å². The molecule has 1 aliphatic rings. The molecular formula is C17H16O6. The number of cyclic esters (lactones) is 1. The number of hydrogen-bond donors (Lipinski definition) is 0. The normalized spacial score (nSPS) is 20.1. The number of carbonyl (C=O) groups is 2.